The molecule has 0 spiro atoms. The van der Waals surface area contributed by atoms with E-state index >= 15 is 0 Å². The Hall–Kier alpha value is -0.830. The molecule has 0 aliphatic rings. The van der Waals surface area contributed by atoms with Crippen LogP contribution in [0.15, 0.2) is 12.5 Å². The fraction of sp³-hybridized carbons (Fsp3) is 0.400. The van der Waals surface area contributed by atoms with Crippen molar-refractivity contribution in [3.05, 3.63) is 18.2 Å². The quantitative estimate of drug-likeness (QED) is 0.515. The van der Waals surface area contributed by atoms with E-state index in [0.717, 1.165) is 0 Å². The Kier molecular flexibility index (Phi) is 1.30. The molecule has 1 aromatic rings. The van der Waals surface area contributed by atoms with E-state index in [-0.39, 0.29) is 6.61 Å². The van der Waals surface area contributed by atoms with Gasteiger partial charge in [0.25, 0.3) is 0 Å². The van der Waals surface area contributed by atoms with Crippen LogP contribution < -0.4 is 0 Å². The predicted molar refractivity (Wildman–Crippen MR) is 27.6 cm³/mol. The van der Waals surface area contributed by atoms with E-state index in [4.69, 9.17) is 0 Å². The molecule has 0 bridgehead atoms. The van der Waals surface area contributed by atoms with Gasteiger partial charge in [0.15, 0.2) is 0 Å². The lowest BCUT2D eigenvalue weighted by Gasteiger charge is -1.80. The molecule has 1 radical (unpaired) electrons. The molecular weight excluding hydrogens is 104 g/mol. The third-order valence-corrected chi connectivity index (χ3v) is 0.906. The van der Waals surface area contributed by atoms with E-state index in [1.54, 1.807) is 17.1 Å². The Labute approximate surface area is 47.6 Å². The van der Waals surface area contributed by atoms with Crippen molar-refractivity contribution in [3.8, 4) is 0 Å². The van der Waals surface area contributed by atoms with Crippen LogP contribution in [0.4, 0.5) is 0 Å². The maximum atomic E-state index is 10.1. The molecule has 0 N–H and O–H groups in total. The summed E-state index contributed by atoms with van der Waals surface area (Å²) in [7, 11) is 1.84. The van der Waals surface area contributed by atoms with E-state index < -0.39 is 0 Å². The minimum Gasteiger partial charge on any atom is -0.340 e. The second-order valence-corrected chi connectivity index (χ2v) is 1.67. The van der Waals surface area contributed by atoms with Crippen molar-refractivity contribution in [3.63, 3.8) is 0 Å². The average Bonchev–Trinajstić information content (AvgIpc) is 2.14. The summed E-state index contributed by atoms with van der Waals surface area (Å²) in [6, 6.07) is 0. The summed E-state index contributed by atoms with van der Waals surface area (Å²) in [6.45, 7) is -0.221. The smallest absolute Gasteiger partial charge is 0.126 e. The lowest BCUT2D eigenvalue weighted by Crippen LogP contribution is -1.79. The van der Waals surface area contributed by atoms with Crippen LogP contribution in [0.25, 0.3) is 0 Å². The number of imidazole rings is 1. The third kappa shape index (κ3) is 0.869. The van der Waals surface area contributed by atoms with Gasteiger partial charge in [-0.2, -0.15) is 0 Å². The molecule has 0 saturated carbocycles. The molecule has 1 heterocycles. The second kappa shape index (κ2) is 1.96. The van der Waals surface area contributed by atoms with Gasteiger partial charge in [-0.25, -0.2) is 10.1 Å². The number of rotatable bonds is 1. The van der Waals surface area contributed by atoms with Crippen LogP contribution in [0, 0.1) is 0 Å². The van der Waals surface area contributed by atoms with Gasteiger partial charge in [0.05, 0.1) is 12.0 Å². The Bertz CT molecular complexity index is 171. The van der Waals surface area contributed by atoms with Crippen LogP contribution in [0.5, 0.6) is 0 Å². The van der Waals surface area contributed by atoms with Crippen LogP contribution in [-0.4, -0.2) is 9.55 Å². The van der Waals surface area contributed by atoms with E-state index in [9.17, 15) is 5.11 Å². The molecule has 0 unspecified atom stereocenters. The first-order valence-corrected chi connectivity index (χ1v) is 2.38. The molecule has 0 saturated heterocycles. The average molecular weight is 111 g/mol. The maximum Gasteiger partial charge on any atom is 0.126 e. The summed E-state index contributed by atoms with van der Waals surface area (Å²) in [5.41, 5.74) is 0.604. The number of hydrogen-bond donors (Lipinski definition) is 0. The molecule has 1 aromatic heterocycles. The van der Waals surface area contributed by atoms with Gasteiger partial charge in [0, 0.05) is 13.2 Å². The monoisotopic (exact) mass is 111 g/mol. The highest BCUT2D eigenvalue weighted by atomic mass is 16.3. The lowest BCUT2D eigenvalue weighted by atomic mass is 10.5. The fourth-order valence-electron chi connectivity index (χ4n) is 0.541. The maximum absolute atomic E-state index is 10.1. The largest absolute Gasteiger partial charge is 0.340 e. The fourth-order valence-corrected chi connectivity index (χ4v) is 0.541. The zero-order valence-corrected chi connectivity index (χ0v) is 4.66. The van der Waals surface area contributed by atoms with E-state index in [1.165, 1.54) is 0 Å². The van der Waals surface area contributed by atoms with E-state index in [0.29, 0.717) is 5.69 Å². The first kappa shape index (κ1) is 5.31. The van der Waals surface area contributed by atoms with Gasteiger partial charge in [-0.05, 0) is 0 Å². The van der Waals surface area contributed by atoms with E-state index in [1.807, 2.05) is 7.05 Å². The standard InChI is InChI=1S/C5H7N2O/c1-7-2-5(3-8)6-4-7/h2,4H,3H2,1H3. The molecule has 1 rings (SSSR count). The third-order valence-electron chi connectivity index (χ3n) is 0.906. The van der Waals surface area contributed by atoms with Gasteiger partial charge in [-0.15, -0.1) is 0 Å². The highest BCUT2D eigenvalue weighted by Crippen LogP contribution is 1.91. The van der Waals surface area contributed by atoms with Gasteiger partial charge in [-0.1, -0.05) is 0 Å². The summed E-state index contributed by atoms with van der Waals surface area (Å²) in [5, 5.41) is 10.1. The summed E-state index contributed by atoms with van der Waals surface area (Å²) < 4.78 is 1.76. The number of aryl methyl sites for hydroxylation is 1. The van der Waals surface area contributed by atoms with Gasteiger partial charge >= 0.3 is 0 Å². The topological polar surface area (TPSA) is 37.7 Å². The molecule has 43 valence electrons. The van der Waals surface area contributed by atoms with Crippen LogP contribution in [0.3, 0.4) is 0 Å². The minimum absolute atomic E-state index is 0.221. The molecule has 3 nitrogen and oxygen atoms in total. The van der Waals surface area contributed by atoms with Crippen molar-refractivity contribution in [2.45, 2.75) is 6.61 Å². The normalized spacial score (nSPS) is 9.75. The van der Waals surface area contributed by atoms with Gasteiger partial charge in [0.1, 0.15) is 6.61 Å². The highest BCUT2D eigenvalue weighted by Gasteiger charge is 1.90. The van der Waals surface area contributed by atoms with Crippen molar-refractivity contribution in [2.24, 2.45) is 7.05 Å². The number of hydrogen-bond acceptors (Lipinski definition) is 1. The number of nitrogens with zero attached hydrogens (tertiary/aromatic N) is 2. The molecule has 0 aliphatic carbocycles. The van der Waals surface area contributed by atoms with Crippen molar-refractivity contribution >= 4 is 0 Å². The van der Waals surface area contributed by atoms with Crippen LogP contribution in [0.1, 0.15) is 5.69 Å². The lowest BCUT2D eigenvalue weighted by molar-refractivity contribution is 0.174. The minimum atomic E-state index is -0.221. The first-order valence-electron chi connectivity index (χ1n) is 2.38. The van der Waals surface area contributed by atoms with Gasteiger partial charge in [0.2, 0.25) is 0 Å². The molecule has 3 heteroatoms. The molecular formula is C5H7N2O. The molecule has 8 heavy (non-hydrogen) atoms. The Balaban J connectivity index is 2.84. The van der Waals surface area contributed by atoms with E-state index in [2.05, 4.69) is 4.98 Å². The van der Waals surface area contributed by atoms with Crippen LogP contribution >= 0.6 is 0 Å². The number of aromatic nitrogens is 2. The first-order chi connectivity index (χ1) is 3.83. The molecule has 0 amide bonds. The van der Waals surface area contributed by atoms with Gasteiger partial charge in [-0.3, -0.25) is 0 Å². The Morgan fingerprint density at radius 3 is 2.88 bits per heavy atom. The predicted octanol–water partition coefficient (Wildman–Crippen LogP) is 0.351. The summed E-state index contributed by atoms with van der Waals surface area (Å²) in [6.07, 6.45) is 3.33. The molecule has 0 atom stereocenters. The van der Waals surface area contributed by atoms with Gasteiger partial charge < -0.3 is 4.57 Å². The van der Waals surface area contributed by atoms with Crippen molar-refractivity contribution in [2.75, 3.05) is 0 Å². The summed E-state index contributed by atoms with van der Waals surface area (Å²) in [4.78, 5) is 3.78. The molecule has 0 fully saturated rings. The molecule has 0 aromatic carbocycles. The highest BCUT2D eigenvalue weighted by molar-refractivity contribution is 4.92. The van der Waals surface area contributed by atoms with Crippen LogP contribution in [-0.2, 0) is 18.8 Å². The zero-order chi connectivity index (χ0) is 5.98. The zero-order valence-electron chi connectivity index (χ0n) is 4.66. The summed E-state index contributed by atoms with van der Waals surface area (Å²) in [5.74, 6) is 0. The Morgan fingerprint density at radius 1 is 1.88 bits per heavy atom. The Morgan fingerprint density at radius 2 is 2.62 bits per heavy atom. The van der Waals surface area contributed by atoms with Crippen molar-refractivity contribution < 1.29 is 5.11 Å². The SMILES string of the molecule is Cn1cnc(C[O])c1. The second-order valence-electron chi connectivity index (χ2n) is 1.67. The van der Waals surface area contributed by atoms with Crippen molar-refractivity contribution in [1.82, 2.24) is 9.55 Å². The van der Waals surface area contributed by atoms with Crippen molar-refractivity contribution in [1.29, 1.82) is 0 Å². The molecule has 0 aliphatic heterocycles. The summed E-state index contributed by atoms with van der Waals surface area (Å²) >= 11 is 0. The van der Waals surface area contributed by atoms with Crippen LogP contribution in [0.2, 0.25) is 0 Å².